The molecule has 2 heteroatoms. The zero-order valence-corrected chi connectivity index (χ0v) is 13.4. The summed E-state index contributed by atoms with van der Waals surface area (Å²) in [7, 11) is 0. The van der Waals surface area contributed by atoms with Gasteiger partial charge in [-0.1, -0.05) is 78.5 Å². The average molecular weight is 330 g/mol. The van der Waals surface area contributed by atoms with E-state index in [4.69, 9.17) is 0 Å². The summed E-state index contributed by atoms with van der Waals surface area (Å²) in [4.78, 5) is 0.374. The fourth-order valence-electron chi connectivity index (χ4n) is 2.95. The van der Waals surface area contributed by atoms with Gasteiger partial charge in [-0.2, -0.15) is 0 Å². The van der Waals surface area contributed by atoms with Gasteiger partial charge in [0.1, 0.15) is 0 Å². The van der Waals surface area contributed by atoms with Crippen molar-refractivity contribution in [2.75, 3.05) is 0 Å². The van der Waals surface area contributed by atoms with Crippen molar-refractivity contribution in [3.8, 4) is 0 Å². The molecular weight excluding hydrogens is 310 g/mol. The minimum Gasteiger partial charge on any atom is -0.327 e. The molecule has 1 aromatic heterocycles. The number of benzene rings is 2. The molecule has 0 aliphatic carbocycles. The van der Waals surface area contributed by atoms with Crippen molar-refractivity contribution in [3.63, 3.8) is 0 Å². The molecule has 0 saturated carbocycles. The van der Waals surface area contributed by atoms with Crippen LogP contribution in [0.25, 0.3) is 21.8 Å². The van der Waals surface area contributed by atoms with E-state index in [1.165, 1.54) is 47.5 Å². The molecule has 0 N–H and O–H groups in total. The highest BCUT2D eigenvalue weighted by molar-refractivity contribution is 9.09. The molecule has 2 aromatic carbocycles. The Morgan fingerprint density at radius 3 is 2.00 bits per heavy atom. The lowest BCUT2D eigenvalue weighted by molar-refractivity contribution is 0.597. The van der Waals surface area contributed by atoms with Gasteiger partial charge >= 0.3 is 0 Å². The van der Waals surface area contributed by atoms with E-state index in [1.807, 2.05) is 0 Å². The number of halogens is 1. The van der Waals surface area contributed by atoms with E-state index in [0.717, 1.165) is 0 Å². The van der Waals surface area contributed by atoms with Gasteiger partial charge in [-0.3, -0.25) is 0 Å². The van der Waals surface area contributed by atoms with E-state index in [2.05, 4.69) is 76.0 Å². The number of hydrogen-bond acceptors (Lipinski definition) is 0. The van der Waals surface area contributed by atoms with Crippen molar-refractivity contribution >= 4 is 37.7 Å². The van der Waals surface area contributed by atoms with Gasteiger partial charge in [0, 0.05) is 10.8 Å². The number of nitrogens with zero attached hydrogens (tertiary/aromatic N) is 1. The van der Waals surface area contributed by atoms with E-state index in [1.54, 1.807) is 0 Å². The average Bonchev–Trinajstić information content (AvgIpc) is 2.82. The fourth-order valence-corrected chi connectivity index (χ4v) is 3.71. The van der Waals surface area contributed by atoms with E-state index in [9.17, 15) is 0 Å². The van der Waals surface area contributed by atoms with Gasteiger partial charge in [-0.25, -0.2) is 0 Å². The predicted molar refractivity (Wildman–Crippen MR) is 91.6 cm³/mol. The van der Waals surface area contributed by atoms with Gasteiger partial charge in [0.05, 0.1) is 16.0 Å². The van der Waals surface area contributed by atoms with Crippen molar-refractivity contribution < 1.29 is 0 Å². The Kier molecular flexibility index (Phi) is 4.11. The van der Waals surface area contributed by atoms with Crippen LogP contribution < -0.4 is 0 Å². The third kappa shape index (κ3) is 2.37. The lowest BCUT2D eigenvalue weighted by Gasteiger charge is -2.15. The monoisotopic (exact) mass is 329 g/mol. The Morgan fingerprint density at radius 1 is 0.900 bits per heavy atom. The SMILES string of the molecule is CCCCCC(Br)n1c2ccccc2c2ccccc21. The Morgan fingerprint density at radius 2 is 1.45 bits per heavy atom. The number of fused-ring (bicyclic) bond motifs is 3. The lowest BCUT2D eigenvalue weighted by Crippen LogP contribution is -2.01. The van der Waals surface area contributed by atoms with Crippen LogP contribution in [0.1, 0.15) is 37.6 Å². The van der Waals surface area contributed by atoms with Crippen LogP contribution in [0.2, 0.25) is 0 Å². The molecule has 104 valence electrons. The van der Waals surface area contributed by atoms with Gasteiger partial charge in [0.25, 0.3) is 0 Å². The molecule has 1 unspecified atom stereocenters. The maximum atomic E-state index is 3.90. The molecule has 3 rings (SSSR count). The largest absolute Gasteiger partial charge is 0.327 e. The van der Waals surface area contributed by atoms with Gasteiger partial charge in [-0.15, -0.1) is 0 Å². The summed E-state index contributed by atoms with van der Waals surface area (Å²) in [6.45, 7) is 2.25. The van der Waals surface area contributed by atoms with Crippen molar-refractivity contribution in [1.82, 2.24) is 4.57 Å². The molecule has 3 aromatic rings. The summed E-state index contributed by atoms with van der Waals surface area (Å²) < 4.78 is 2.44. The maximum Gasteiger partial charge on any atom is 0.0895 e. The Labute approximate surface area is 128 Å². The van der Waals surface area contributed by atoms with Crippen molar-refractivity contribution in [2.45, 2.75) is 37.6 Å². The van der Waals surface area contributed by atoms with Crippen LogP contribution in [-0.2, 0) is 0 Å². The minimum atomic E-state index is 0.374. The Hall–Kier alpha value is -1.28. The first-order chi connectivity index (χ1) is 9.83. The maximum absolute atomic E-state index is 3.90. The van der Waals surface area contributed by atoms with Crippen molar-refractivity contribution in [2.24, 2.45) is 0 Å². The number of rotatable bonds is 5. The third-order valence-electron chi connectivity index (χ3n) is 3.94. The molecule has 0 aliphatic heterocycles. The highest BCUT2D eigenvalue weighted by atomic mass is 79.9. The summed E-state index contributed by atoms with van der Waals surface area (Å²) in [5.74, 6) is 0. The van der Waals surface area contributed by atoms with Gasteiger partial charge in [-0.05, 0) is 18.6 Å². The van der Waals surface area contributed by atoms with Crippen LogP contribution in [0.5, 0.6) is 0 Å². The first-order valence-electron chi connectivity index (χ1n) is 7.44. The summed E-state index contributed by atoms with van der Waals surface area (Å²) in [6, 6.07) is 17.4. The number of hydrogen-bond donors (Lipinski definition) is 0. The molecular formula is C18H20BrN. The van der Waals surface area contributed by atoms with Crippen LogP contribution >= 0.6 is 15.9 Å². The molecule has 1 atom stereocenters. The van der Waals surface area contributed by atoms with Gasteiger partial charge in [0.2, 0.25) is 0 Å². The third-order valence-corrected chi connectivity index (χ3v) is 4.81. The van der Waals surface area contributed by atoms with Crippen LogP contribution in [-0.4, -0.2) is 4.57 Å². The fraction of sp³-hybridized carbons (Fsp3) is 0.333. The van der Waals surface area contributed by atoms with E-state index in [-0.39, 0.29) is 0 Å². The van der Waals surface area contributed by atoms with E-state index >= 15 is 0 Å². The molecule has 20 heavy (non-hydrogen) atoms. The van der Waals surface area contributed by atoms with Gasteiger partial charge in [0.15, 0.2) is 0 Å². The number of aromatic nitrogens is 1. The zero-order chi connectivity index (χ0) is 13.9. The van der Waals surface area contributed by atoms with Crippen molar-refractivity contribution in [3.05, 3.63) is 48.5 Å². The number of alkyl halides is 1. The molecule has 0 radical (unpaired) electrons. The second-order valence-electron chi connectivity index (χ2n) is 5.33. The highest BCUT2D eigenvalue weighted by Gasteiger charge is 2.15. The van der Waals surface area contributed by atoms with Crippen LogP contribution in [0.4, 0.5) is 0 Å². The van der Waals surface area contributed by atoms with Gasteiger partial charge < -0.3 is 4.57 Å². The zero-order valence-electron chi connectivity index (χ0n) is 11.8. The van der Waals surface area contributed by atoms with Crippen LogP contribution in [0, 0.1) is 0 Å². The summed E-state index contributed by atoms with van der Waals surface area (Å²) in [6.07, 6.45) is 5.02. The molecule has 0 amide bonds. The molecule has 0 bridgehead atoms. The smallest absolute Gasteiger partial charge is 0.0895 e. The quantitative estimate of drug-likeness (QED) is 0.384. The molecule has 0 aliphatic rings. The number of para-hydroxylation sites is 2. The lowest BCUT2D eigenvalue weighted by atomic mass is 10.2. The summed E-state index contributed by atoms with van der Waals surface area (Å²) in [5, 5.41) is 2.70. The van der Waals surface area contributed by atoms with Crippen LogP contribution in [0.3, 0.4) is 0 Å². The summed E-state index contributed by atoms with van der Waals surface area (Å²) in [5.41, 5.74) is 2.65. The van der Waals surface area contributed by atoms with E-state index in [0.29, 0.717) is 4.95 Å². The molecule has 0 spiro atoms. The normalized spacial score (nSPS) is 13.1. The topological polar surface area (TPSA) is 4.93 Å². The second kappa shape index (κ2) is 6.01. The molecule has 0 fully saturated rings. The highest BCUT2D eigenvalue weighted by Crippen LogP contribution is 2.35. The molecule has 1 nitrogen and oxygen atoms in total. The Balaban J connectivity index is 2.11. The molecule has 0 saturated heterocycles. The van der Waals surface area contributed by atoms with Crippen LogP contribution in [0.15, 0.2) is 48.5 Å². The first kappa shape index (κ1) is 13.7. The van der Waals surface area contributed by atoms with E-state index < -0.39 is 0 Å². The summed E-state index contributed by atoms with van der Waals surface area (Å²) >= 11 is 3.90. The first-order valence-corrected chi connectivity index (χ1v) is 8.36. The predicted octanol–water partition coefficient (Wildman–Crippen LogP) is 6.27. The Bertz CT molecular complexity index is 660. The van der Waals surface area contributed by atoms with Crippen molar-refractivity contribution in [1.29, 1.82) is 0 Å². The molecule has 1 heterocycles. The number of unbranched alkanes of at least 4 members (excludes halogenated alkanes) is 2. The minimum absolute atomic E-state index is 0.374. The second-order valence-corrected chi connectivity index (χ2v) is 6.39. The standard InChI is InChI=1S/C18H20BrN/c1-2-3-4-13-18(19)20-16-11-7-5-9-14(16)15-10-6-8-12-17(15)20/h5-12,18H,2-4,13H2,1H3.